The summed E-state index contributed by atoms with van der Waals surface area (Å²) in [5.74, 6) is 0. The molecule has 0 saturated carbocycles. The molecule has 2 rings (SSSR count). The van der Waals surface area contributed by atoms with Crippen LogP contribution in [-0.2, 0) is 7.05 Å². The van der Waals surface area contributed by atoms with Crippen molar-refractivity contribution < 1.29 is 0 Å². The van der Waals surface area contributed by atoms with Crippen molar-refractivity contribution >= 4 is 11.4 Å². The second-order valence-electron chi connectivity index (χ2n) is 5.09. The first-order valence-corrected chi connectivity index (χ1v) is 6.09. The Balaban J connectivity index is 2.53. The fraction of sp³-hybridized carbons (Fsp3) is 0.333. The largest absolute Gasteiger partial charge is 0.378 e. The van der Waals surface area contributed by atoms with Crippen molar-refractivity contribution in [3.63, 3.8) is 0 Å². The first kappa shape index (κ1) is 12.6. The molecule has 0 bridgehead atoms. The molecule has 0 amide bonds. The predicted molar refractivity (Wildman–Crippen MR) is 79.5 cm³/mol. The summed E-state index contributed by atoms with van der Waals surface area (Å²) >= 11 is 0. The van der Waals surface area contributed by atoms with Crippen LogP contribution < -0.4 is 9.80 Å². The maximum absolute atomic E-state index is 2.22. The molecule has 18 heavy (non-hydrogen) atoms. The number of hydrogen-bond donors (Lipinski definition) is 0. The highest BCUT2D eigenvalue weighted by atomic mass is 15.1. The maximum atomic E-state index is 2.22. The van der Waals surface area contributed by atoms with Gasteiger partial charge in [-0.25, -0.2) is 0 Å². The third kappa shape index (κ3) is 2.50. The van der Waals surface area contributed by atoms with Crippen LogP contribution >= 0.6 is 0 Å². The summed E-state index contributed by atoms with van der Waals surface area (Å²) in [6.07, 6.45) is 4.22. The Labute approximate surface area is 109 Å². The minimum Gasteiger partial charge on any atom is -0.378 e. The number of nitrogens with zero attached hydrogens (tertiary/aromatic N) is 3. The summed E-state index contributed by atoms with van der Waals surface area (Å²) < 4.78 is 2.08. The third-order valence-corrected chi connectivity index (χ3v) is 3.10. The summed E-state index contributed by atoms with van der Waals surface area (Å²) in [6, 6.07) is 8.80. The van der Waals surface area contributed by atoms with E-state index in [0.717, 1.165) is 0 Å². The van der Waals surface area contributed by atoms with E-state index in [9.17, 15) is 0 Å². The van der Waals surface area contributed by atoms with E-state index in [4.69, 9.17) is 0 Å². The standard InChI is InChI=1S/C15H21N3/c1-16(2)14-8-13(9-15(10-14)17(3)4)12-6-7-18(5)11-12/h6-11H,1-5H3. The number of hydrogen-bond acceptors (Lipinski definition) is 2. The quantitative estimate of drug-likeness (QED) is 0.821. The molecule has 0 spiro atoms. The smallest absolute Gasteiger partial charge is 0.0388 e. The van der Waals surface area contributed by atoms with E-state index in [1.807, 2.05) is 7.05 Å². The van der Waals surface area contributed by atoms with Gasteiger partial charge >= 0.3 is 0 Å². The third-order valence-electron chi connectivity index (χ3n) is 3.10. The van der Waals surface area contributed by atoms with Gasteiger partial charge in [-0.05, 0) is 35.4 Å². The van der Waals surface area contributed by atoms with E-state index >= 15 is 0 Å². The number of anilines is 2. The van der Waals surface area contributed by atoms with Gasteiger partial charge in [-0.15, -0.1) is 0 Å². The molecule has 0 radical (unpaired) electrons. The number of aryl methyl sites for hydroxylation is 1. The molecule has 0 atom stereocenters. The first-order valence-electron chi connectivity index (χ1n) is 6.09. The molecular formula is C15H21N3. The molecule has 2 aromatic rings. The van der Waals surface area contributed by atoms with Crippen LogP contribution in [0.3, 0.4) is 0 Å². The molecule has 0 aliphatic heterocycles. The van der Waals surface area contributed by atoms with Crippen molar-refractivity contribution in [1.82, 2.24) is 4.57 Å². The summed E-state index contributed by atoms with van der Waals surface area (Å²) in [5.41, 5.74) is 4.95. The van der Waals surface area contributed by atoms with Crippen molar-refractivity contribution in [3.05, 3.63) is 36.7 Å². The zero-order valence-electron chi connectivity index (χ0n) is 11.8. The molecular weight excluding hydrogens is 222 g/mol. The molecule has 0 fully saturated rings. The van der Waals surface area contributed by atoms with Gasteiger partial charge in [0.1, 0.15) is 0 Å². The van der Waals surface area contributed by atoms with Gasteiger partial charge in [0.15, 0.2) is 0 Å². The van der Waals surface area contributed by atoms with E-state index in [-0.39, 0.29) is 0 Å². The Morgan fingerprint density at radius 2 is 1.39 bits per heavy atom. The lowest BCUT2D eigenvalue weighted by Crippen LogP contribution is -2.12. The zero-order chi connectivity index (χ0) is 13.3. The fourth-order valence-corrected chi connectivity index (χ4v) is 1.95. The fourth-order valence-electron chi connectivity index (χ4n) is 1.95. The summed E-state index contributed by atoms with van der Waals surface area (Å²) in [4.78, 5) is 4.28. The van der Waals surface area contributed by atoms with E-state index in [0.29, 0.717) is 0 Å². The molecule has 0 N–H and O–H groups in total. The van der Waals surface area contributed by atoms with E-state index in [1.54, 1.807) is 0 Å². The van der Waals surface area contributed by atoms with Crippen LogP contribution in [0.2, 0.25) is 0 Å². The molecule has 0 unspecified atom stereocenters. The Morgan fingerprint density at radius 1 is 0.833 bits per heavy atom. The molecule has 0 aliphatic rings. The monoisotopic (exact) mass is 243 g/mol. The lowest BCUT2D eigenvalue weighted by atomic mass is 10.1. The van der Waals surface area contributed by atoms with Gasteiger partial charge in [-0.2, -0.15) is 0 Å². The van der Waals surface area contributed by atoms with Crippen LogP contribution in [0.15, 0.2) is 36.7 Å². The van der Waals surface area contributed by atoms with Gasteiger partial charge in [-0.3, -0.25) is 0 Å². The van der Waals surface area contributed by atoms with Crippen molar-refractivity contribution in [1.29, 1.82) is 0 Å². The molecule has 3 heteroatoms. The predicted octanol–water partition coefficient (Wildman–Crippen LogP) is 2.82. The van der Waals surface area contributed by atoms with E-state index in [2.05, 4.69) is 79.2 Å². The first-order chi connectivity index (χ1) is 8.47. The van der Waals surface area contributed by atoms with Gasteiger partial charge < -0.3 is 14.4 Å². The molecule has 1 aromatic carbocycles. The second-order valence-corrected chi connectivity index (χ2v) is 5.09. The Hall–Kier alpha value is -1.90. The zero-order valence-corrected chi connectivity index (χ0v) is 11.8. The molecule has 0 aliphatic carbocycles. The molecule has 96 valence electrons. The Bertz CT molecular complexity index is 512. The average molecular weight is 243 g/mol. The number of rotatable bonds is 3. The van der Waals surface area contributed by atoms with E-state index < -0.39 is 0 Å². The highest BCUT2D eigenvalue weighted by Gasteiger charge is 2.06. The summed E-state index contributed by atoms with van der Waals surface area (Å²) in [5, 5.41) is 0. The normalized spacial score (nSPS) is 10.5. The lowest BCUT2D eigenvalue weighted by Gasteiger charge is -2.19. The second kappa shape index (κ2) is 4.77. The molecule has 0 saturated heterocycles. The summed E-state index contributed by atoms with van der Waals surface area (Å²) in [7, 11) is 10.3. The number of benzene rings is 1. The van der Waals surface area contributed by atoms with Gasteiger partial charge in [0.2, 0.25) is 0 Å². The van der Waals surface area contributed by atoms with Crippen molar-refractivity contribution in [2.45, 2.75) is 0 Å². The van der Waals surface area contributed by atoms with Crippen molar-refractivity contribution in [3.8, 4) is 11.1 Å². The molecule has 1 aromatic heterocycles. The van der Waals surface area contributed by atoms with Gasteiger partial charge in [0, 0.05) is 59.0 Å². The maximum Gasteiger partial charge on any atom is 0.0388 e. The van der Waals surface area contributed by atoms with Crippen LogP contribution in [-0.4, -0.2) is 32.8 Å². The van der Waals surface area contributed by atoms with Crippen LogP contribution in [0.1, 0.15) is 0 Å². The SMILES string of the molecule is CN(C)c1cc(-c2ccn(C)c2)cc(N(C)C)c1. The molecule has 1 heterocycles. The highest BCUT2D eigenvalue weighted by Crippen LogP contribution is 2.29. The van der Waals surface area contributed by atoms with Crippen LogP contribution in [0.4, 0.5) is 11.4 Å². The minimum atomic E-state index is 1.22. The topological polar surface area (TPSA) is 11.4 Å². The van der Waals surface area contributed by atoms with Gasteiger partial charge in [-0.1, -0.05) is 0 Å². The van der Waals surface area contributed by atoms with Gasteiger partial charge in [0.05, 0.1) is 0 Å². The van der Waals surface area contributed by atoms with Crippen LogP contribution in [0, 0.1) is 0 Å². The Kier molecular flexibility index (Phi) is 3.32. The number of aromatic nitrogens is 1. The average Bonchev–Trinajstić information content (AvgIpc) is 2.75. The molecule has 3 nitrogen and oxygen atoms in total. The van der Waals surface area contributed by atoms with E-state index in [1.165, 1.54) is 22.5 Å². The summed E-state index contributed by atoms with van der Waals surface area (Å²) in [6.45, 7) is 0. The lowest BCUT2D eigenvalue weighted by molar-refractivity contribution is 0.928. The van der Waals surface area contributed by atoms with Crippen LogP contribution in [0.5, 0.6) is 0 Å². The van der Waals surface area contributed by atoms with Crippen molar-refractivity contribution in [2.75, 3.05) is 38.0 Å². The van der Waals surface area contributed by atoms with Gasteiger partial charge in [0.25, 0.3) is 0 Å². The minimum absolute atomic E-state index is 1.22. The Morgan fingerprint density at radius 3 is 1.78 bits per heavy atom. The van der Waals surface area contributed by atoms with Crippen LogP contribution in [0.25, 0.3) is 11.1 Å². The highest BCUT2D eigenvalue weighted by molar-refractivity contribution is 5.74. The van der Waals surface area contributed by atoms with Crippen molar-refractivity contribution in [2.24, 2.45) is 7.05 Å².